The topological polar surface area (TPSA) is 24.5 Å². The number of aryl methyl sites for hydroxylation is 1. The number of rotatable bonds is 4. The van der Waals surface area contributed by atoms with Crippen molar-refractivity contribution < 1.29 is 4.74 Å². The second-order valence-corrected chi connectivity index (χ2v) is 5.64. The van der Waals surface area contributed by atoms with Crippen LogP contribution in [0.2, 0.25) is 0 Å². The van der Waals surface area contributed by atoms with Gasteiger partial charge < -0.3 is 10.1 Å². The predicted molar refractivity (Wildman–Crippen MR) is 92.2 cm³/mol. The minimum absolute atomic E-state index is 0. The summed E-state index contributed by atoms with van der Waals surface area (Å²) < 4.78 is 6.14. The molecule has 2 saturated heterocycles. The van der Waals surface area contributed by atoms with Crippen molar-refractivity contribution in [1.29, 1.82) is 0 Å². The van der Waals surface area contributed by atoms with Gasteiger partial charge >= 0.3 is 0 Å². The van der Waals surface area contributed by atoms with Crippen LogP contribution in [0.4, 0.5) is 0 Å². The van der Waals surface area contributed by atoms with Gasteiger partial charge in [0, 0.05) is 19.1 Å². The fourth-order valence-corrected chi connectivity index (χ4v) is 3.10. The standard InChI is InChI=1S/C16H24N2O.2ClH/c1-2-13-5-3-4-6-16(13)19-15-11-18(12-15)14-7-9-17-10-8-14;;/h3-6,14-15,17H,2,7-12H2,1H3;2*1H. The second-order valence-electron chi connectivity index (χ2n) is 5.64. The molecule has 3 nitrogen and oxygen atoms in total. The molecule has 0 atom stereocenters. The molecule has 2 aliphatic heterocycles. The number of nitrogens with zero attached hydrogens (tertiary/aromatic N) is 1. The minimum atomic E-state index is 0. The second kappa shape index (κ2) is 8.84. The normalized spacial score (nSPS) is 20.0. The zero-order valence-electron chi connectivity index (χ0n) is 12.6. The Labute approximate surface area is 140 Å². The molecule has 0 bridgehead atoms. The maximum Gasteiger partial charge on any atom is 0.124 e. The van der Waals surface area contributed by atoms with Crippen LogP contribution >= 0.6 is 24.8 Å². The van der Waals surface area contributed by atoms with E-state index < -0.39 is 0 Å². The third kappa shape index (κ3) is 4.49. The van der Waals surface area contributed by atoms with Gasteiger partial charge in [-0.3, -0.25) is 4.90 Å². The number of likely N-dealkylation sites (tertiary alicyclic amines) is 1. The largest absolute Gasteiger partial charge is 0.487 e. The molecular weight excluding hydrogens is 307 g/mol. The summed E-state index contributed by atoms with van der Waals surface area (Å²) in [5.74, 6) is 1.08. The predicted octanol–water partition coefficient (Wildman–Crippen LogP) is 2.91. The van der Waals surface area contributed by atoms with E-state index in [0.29, 0.717) is 6.10 Å². The summed E-state index contributed by atoms with van der Waals surface area (Å²) in [6, 6.07) is 9.21. The summed E-state index contributed by atoms with van der Waals surface area (Å²) >= 11 is 0. The molecule has 5 heteroatoms. The molecule has 0 aliphatic carbocycles. The minimum Gasteiger partial charge on any atom is -0.487 e. The quantitative estimate of drug-likeness (QED) is 0.917. The van der Waals surface area contributed by atoms with Crippen molar-refractivity contribution in [3.63, 3.8) is 0 Å². The number of hydrogen-bond acceptors (Lipinski definition) is 3. The number of halogens is 2. The van der Waals surface area contributed by atoms with E-state index in [1.54, 1.807) is 0 Å². The summed E-state index contributed by atoms with van der Waals surface area (Å²) in [4.78, 5) is 2.58. The molecule has 1 N–H and O–H groups in total. The summed E-state index contributed by atoms with van der Waals surface area (Å²) in [6.45, 7) is 6.73. The molecule has 0 amide bonds. The first-order chi connectivity index (χ1) is 9.36. The summed E-state index contributed by atoms with van der Waals surface area (Å²) in [6.07, 6.45) is 4.01. The molecule has 1 aromatic rings. The van der Waals surface area contributed by atoms with E-state index in [2.05, 4.69) is 41.4 Å². The van der Waals surface area contributed by atoms with Gasteiger partial charge in [-0.15, -0.1) is 24.8 Å². The van der Waals surface area contributed by atoms with E-state index >= 15 is 0 Å². The van der Waals surface area contributed by atoms with Crippen LogP contribution in [0, 0.1) is 0 Å². The molecule has 21 heavy (non-hydrogen) atoms. The molecule has 0 saturated carbocycles. The van der Waals surface area contributed by atoms with Crippen LogP contribution in [0.25, 0.3) is 0 Å². The molecule has 0 radical (unpaired) electrons. The maximum atomic E-state index is 6.14. The molecule has 2 fully saturated rings. The number of piperidine rings is 1. The Bertz CT molecular complexity index is 418. The molecular formula is C16H26Cl2N2O. The molecule has 2 aliphatic rings. The lowest BCUT2D eigenvalue weighted by Gasteiger charge is -2.45. The zero-order chi connectivity index (χ0) is 13.1. The smallest absolute Gasteiger partial charge is 0.124 e. The van der Waals surface area contributed by atoms with Gasteiger partial charge in [-0.2, -0.15) is 0 Å². The molecule has 0 aromatic heterocycles. The van der Waals surface area contributed by atoms with Gasteiger partial charge in [0.05, 0.1) is 0 Å². The lowest BCUT2D eigenvalue weighted by atomic mass is 9.99. The molecule has 120 valence electrons. The Morgan fingerprint density at radius 3 is 2.48 bits per heavy atom. The molecule has 3 rings (SSSR count). The molecule has 1 aromatic carbocycles. The third-order valence-electron chi connectivity index (χ3n) is 4.35. The number of para-hydroxylation sites is 1. The summed E-state index contributed by atoms with van der Waals surface area (Å²) in [7, 11) is 0. The zero-order valence-corrected chi connectivity index (χ0v) is 14.2. The lowest BCUT2D eigenvalue weighted by molar-refractivity contribution is -0.0173. The van der Waals surface area contributed by atoms with Crippen molar-refractivity contribution in [3.05, 3.63) is 29.8 Å². The number of hydrogen-bond donors (Lipinski definition) is 1. The van der Waals surface area contributed by atoms with Crippen LogP contribution in [-0.4, -0.2) is 43.2 Å². The van der Waals surface area contributed by atoms with Crippen LogP contribution in [0.5, 0.6) is 5.75 Å². The van der Waals surface area contributed by atoms with Gasteiger partial charge in [0.15, 0.2) is 0 Å². The third-order valence-corrected chi connectivity index (χ3v) is 4.35. The number of benzene rings is 1. The highest BCUT2D eigenvalue weighted by molar-refractivity contribution is 5.85. The number of nitrogens with one attached hydrogen (secondary N) is 1. The van der Waals surface area contributed by atoms with E-state index in [9.17, 15) is 0 Å². The fraction of sp³-hybridized carbons (Fsp3) is 0.625. The van der Waals surface area contributed by atoms with Gasteiger partial charge in [-0.1, -0.05) is 25.1 Å². The van der Waals surface area contributed by atoms with Crippen molar-refractivity contribution in [2.24, 2.45) is 0 Å². The van der Waals surface area contributed by atoms with Gasteiger partial charge in [-0.05, 0) is 44.0 Å². The van der Waals surface area contributed by atoms with Gasteiger partial charge in [0.25, 0.3) is 0 Å². The van der Waals surface area contributed by atoms with Crippen molar-refractivity contribution in [3.8, 4) is 5.75 Å². The van der Waals surface area contributed by atoms with E-state index in [0.717, 1.165) is 31.3 Å². The van der Waals surface area contributed by atoms with Crippen molar-refractivity contribution in [1.82, 2.24) is 10.2 Å². The summed E-state index contributed by atoms with van der Waals surface area (Å²) in [5.41, 5.74) is 1.32. The average Bonchev–Trinajstić information content (AvgIpc) is 2.43. The van der Waals surface area contributed by atoms with Gasteiger partial charge in [0.1, 0.15) is 11.9 Å². The Kier molecular flexibility index (Phi) is 7.82. The summed E-state index contributed by atoms with van der Waals surface area (Å²) in [5, 5.41) is 3.43. The first kappa shape index (κ1) is 18.6. The lowest BCUT2D eigenvalue weighted by Crippen LogP contribution is -2.59. The van der Waals surface area contributed by atoms with Crippen LogP contribution in [-0.2, 0) is 6.42 Å². The highest BCUT2D eigenvalue weighted by Crippen LogP contribution is 2.25. The Morgan fingerprint density at radius 2 is 1.81 bits per heavy atom. The Hall–Kier alpha value is -0.480. The molecule has 0 unspecified atom stereocenters. The van der Waals surface area contributed by atoms with Crippen LogP contribution in [0.15, 0.2) is 24.3 Å². The highest BCUT2D eigenvalue weighted by Gasteiger charge is 2.34. The Balaban J connectivity index is 0.00000110. The molecule has 2 heterocycles. The van der Waals surface area contributed by atoms with Crippen molar-refractivity contribution in [2.45, 2.75) is 38.3 Å². The van der Waals surface area contributed by atoms with E-state index in [1.165, 1.54) is 31.5 Å². The first-order valence-corrected chi connectivity index (χ1v) is 7.56. The van der Waals surface area contributed by atoms with Crippen molar-refractivity contribution in [2.75, 3.05) is 26.2 Å². The number of ether oxygens (including phenoxy) is 1. The van der Waals surface area contributed by atoms with Crippen LogP contribution in [0.3, 0.4) is 0 Å². The van der Waals surface area contributed by atoms with Crippen LogP contribution < -0.4 is 10.1 Å². The monoisotopic (exact) mass is 332 g/mol. The maximum absolute atomic E-state index is 6.14. The van der Waals surface area contributed by atoms with Gasteiger partial charge in [0.2, 0.25) is 0 Å². The highest BCUT2D eigenvalue weighted by atomic mass is 35.5. The SMILES string of the molecule is CCc1ccccc1OC1CN(C2CCNCC2)C1.Cl.Cl. The van der Waals surface area contributed by atoms with E-state index in [-0.39, 0.29) is 24.8 Å². The fourth-order valence-electron chi connectivity index (χ4n) is 3.10. The Morgan fingerprint density at radius 1 is 1.14 bits per heavy atom. The van der Waals surface area contributed by atoms with Gasteiger partial charge in [-0.25, -0.2) is 0 Å². The van der Waals surface area contributed by atoms with E-state index in [1.807, 2.05) is 0 Å². The average molecular weight is 333 g/mol. The van der Waals surface area contributed by atoms with E-state index in [4.69, 9.17) is 4.74 Å². The van der Waals surface area contributed by atoms with Crippen molar-refractivity contribution >= 4 is 24.8 Å². The first-order valence-electron chi connectivity index (χ1n) is 7.56. The molecule has 0 spiro atoms. The van der Waals surface area contributed by atoms with Crippen LogP contribution in [0.1, 0.15) is 25.3 Å².